The fourth-order valence-corrected chi connectivity index (χ4v) is 3.06. The zero-order chi connectivity index (χ0) is 19.2. The van der Waals surface area contributed by atoms with Crippen LogP contribution < -0.4 is 15.4 Å². The summed E-state index contributed by atoms with van der Waals surface area (Å²) in [6, 6.07) is 17.1. The Labute approximate surface area is 158 Å². The first-order valence-corrected chi connectivity index (χ1v) is 8.81. The molecular formula is C21H23N3O3. The minimum absolute atomic E-state index is 0.113. The van der Waals surface area contributed by atoms with E-state index in [1.165, 1.54) is 0 Å². The highest BCUT2D eigenvalue weighted by Crippen LogP contribution is 2.18. The summed E-state index contributed by atoms with van der Waals surface area (Å²) in [6.45, 7) is 0.724. The second-order valence-electron chi connectivity index (χ2n) is 6.24. The van der Waals surface area contributed by atoms with Crippen molar-refractivity contribution in [2.24, 2.45) is 7.05 Å². The van der Waals surface area contributed by atoms with E-state index in [-0.39, 0.29) is 18.2 Å². The fourth-order valence-electron chi connectivity index (χ4n) is 3.06. The molecule has 140 valence electrons. The highest BCUT2D eigenvalue weighted by Gasteiger charge is 2.13. The molecule has 1 heterocycles. The monoisotopic (exact) mass is 365 g/mol. The molecule has 0 aliphatic carbocycles. The summed E-state index contributed by atoms with van der Waals surface area (Å²) in [7, 11) is 3.45. The van der Waals surface area contributed by atoms with Gasteiger partial charge in [-0.1, -0.05) is 36.4 Å². The molecule has 0 spiro atoms. The number of carbonyl (C=O) groups excluding carboxylic acids is 2. The van der Waals surface area contributed by atoms with Crippen molar-refractivity contribution < 1.29 is 14.3 Å². The number of benzene rings is 2. The number of nitrogens with zero attached hydrogens (tertiary/aromatic N) is 1. The van der Waals surface area contributed by atoms with Gasteiger partial charge in [-0.3, -0.25) is 9.59 Å². The number of ether oxygens (including phenoxy) is 1. The van der Waals surface area contributed by atoms with E-state index in [1.54, 1.807) is 7.11 Å². The van der Waals surface area contributed by atoms with Crippen molar-refractivity contribution in [3.8, 4) is 5.75 Å². The summed E-state index contributed by atoms with van der Waals surface area (Å²) in [6.07, 6.45) is 0.237. The number of methoxy groups -OCH3 is 1. The lowest BCUT2D eigenvalue weighted by atomic mass is 10.1. The number of aryl methyl sites for hydroxylation is 1. The molecule has 2 N–H and O–H groups in total. The van der Waals surface area contributed by atoms with Gasteiger partial charge in [0.25, 0.3) is 5.91 Å². The zero-order valence-corrected chi connectivity index (χ0v) is 15.5. The van der Waals surface area contributed by atoms with Crippen molar-refractivity contribution in [3.05, 3.63) is 65.9 Å². The molecule has 0 radical (unpaired) electrons. The summed E-state index contributed by atoms with van der Waals surface area (Å²) in [4.78, 5) is 24.5. The summed E-state index contributed by atoms with van der Waals surface area (Å²) in [5, 5.41) is 6.68. The maximum atomic E-state index is 12.4. The Morgan fingerprint density at radius 1 is 1.00 bits per heavy atom. The number of nitrogens with one attached hydrogen (secondary N) is 2. The SMILES string of the molecule is COc1ccccc1CC(=O)NCCNC(=O)c1cc2ccccc2n1C. The Morgan fingerprint density at radius 3 is 2.48 bits per heavy atom. The highest BCUT2D eigenvalue weighted by atomic mass is 16.5. The van der Waals surface area contributed by atoms with Crippen LogP contribution in [0.2, 0.25) is 0 Å². The number of para-hydroxylation sites is 2. The third-order valence-electron chi connectivity index (χ3n) is 4.46. The van der Waals surface area contributed by atoms with Crippen molar-refractivity contribution in [2.45, 2.75) is 6.42 Å². The van der Waals surface area contributed by atoms with Crippen molar-refractivity contribution in [1.82, 2.24) is 15.2 Å². The number of hydrogen-bond acceptors (Lipinski definition) is 3. The second-order valence-corrected chi connectivity index (χ2v) is 6.24. The Hall–Kier alpha value is -3.28. The molecule has 0 atom stereocenters. The number of rotatable bonds is 7. The molecule has 1 aromatic heterocycles. The van der Waals surface area contributed by atoms with Crippen LogP contribution in [-0.2, 0) is 18.3 Å². The third kappa shape index (κ3) is 4.28. The minimum Gasteiger partial charge on any atom is -0.496 e. The van der Waals surface area contributed by atoms with Crippen LogP contribution in [0.5, 0.6) is 5.75 Å². The molecular weight excluding hydrogens is 342 g/mol. The topological polar surface area (TPSA) is 72.4 Å². The van der Waals surface area contributed by atoms with E-state index in [4.69, 9.17) is 4.74 Å². The van der Waals surface area contributed by atoms with E-state index < -0.39 is 0 Å². The first-order valence-electron chi connectivity index (χ1n) is 8.81. The molecule has 2 aromatic carbocycles. The molecule has 0 saturated heterocycles. The van der Waals surface area contributed by atoms with Gasteiger partial charge in [0, 0.05) is 36.6 Å². The van der Waals surface area contributed by atoms with E-state index in [0.29, 0.717) is 24.5 Å². The van der Waals surface area contributed by atoms with Crippen LogP contribution in [0.3, 0.4) is 0 Å². The number of hydrogen-bond donors (Lipinski definition) is 2. The molecule has 0 aliphatic rings. The van der Waals surface area contributed by atoms with E-state index in [9.17, 15) is 9.59 Å². The number of carbonyl (C=O) groups is 2. The maximum absolute atomic E-state index is 12.4. The van der Waals surface area contributed by atoms with E-state index in [0.717, 1.165) is 16.5 Å². The Kier molecular flexibility index (Phi) is 5.76. The molecule has 3 rings (SSSR count). The zero-order valence-electron chi connectivity index (χ0n) is 15.5. The van der Waals surface area contributed by atoms with Gasteiger partial charge in [-0.2, -0.15) is 0 Å². The average Bonchev–Trinajstić information content (AvgIpc) is 3.02. The molecule has 3 aromatic rings. The molecule has 0 aliphatic heterocycles. The first kappa shape index (κ1) is 18.5. The van der Waals surface area contributed by atoms with Crippen molar-refractivity contribution in [2.75, 3.05) is 20.2 Å². The minimum atomic E-state index is -0.160. The van der Waals surface area contributed by atoms with Gasteiger partial charge in [-0.25, -0.2) is 0 Å². The van der Waals surface area contributed by atoms with Gasteiger partial charge in [0.05, 0.1) is 13.5 Å². The largest absolute Gasteiger partial charge is 0.496 e. The van der Waals surface area contributed by atoms with Gasteiger partial charge in [0.2, 0.25) is 5.91 Å². The number of aromatic nitrogens is 1. The molecule has 0 saturated carbocycles. The smallest absolute Gasteiger partial charge is 0.267 e. The predicted octanol–water partition coefficient (Wildman–Crippen LogP) is 2.28. The summed E-state index contributed by atoms with van der Waals surface area (Å²) in [5.41, 5.74) is 2.43. The normalized spacial score (nSPS) is 10.6. The first-order chi connectivity index (χ1) is 13.1. The van der Waals surface area contributed by atoms with Crippen LogP contribution in [0.4, 0.5) is 0 Å². The molecule has 2 amide bonds. The average molecular weight is 365 g/mol. The summed E-state index contributed by atoms with van der Waals surface area (Å²) in [5.74, 6) is 0.419. The van der Waals surface area contributed by atoms with Gasteiger partial charge in [0.15, 0.2) is 0 Å². The molecule has 6 heteroatoms. The van der Waals surface area contributed by atoms with Crippen LogP contribution in [0, 0.1) is 0 Å². The standard InChI is InChI=1S/C21H23N3O3/c1-24-17-9-5-3-7-15(17)13-18(24)21(26)23-12-11-22-20(25)14-16-8-4-6-10-19(16)27-2/h3-10,13H,11-12,14H2,1-2H3,(H,22,25)(H,23,26). The van der Waals surface area contributed by atoms with E-state index in [1.807, 2.05) is 66.2 Å². The van der Waals surface area contributed by atoms with Gasteiger partial charge in [0.1, 0.15) is 11.4 Å². The third-order valence-corrected chi connectivity index (χ3v) is 4.46. The van der Waals surface area contributed by atoms with E-state index in [2.05, 4.69) is 10.6 Å². The molecule has 6 nitrogen and oxygen atoms in total. The molecule has 0 bridgehead atoms. The molecule has 0 fully saturated rings. The lowest BCUT2D eigenvalue weighted by molar-refractivity contribution is -0.120. The van der Waals surface area contributed by atoms with Gasteiger partial charge in [-0.05, 0) is 18.2 Å². The molecule has 0 unspecified atom stereocenters. The van der Waals surface area contributed by atoms with Crippen LogP contribution in [0.1, 0.15) is 16.1 Å². The Morgan fingerprint density at radius 2 is 1.70 bits per heavy atom. The van der Waals surface area contributed by atoms with Gasteiger partial charge >= 0.3 is 0 Å². The van der Waals surface area contributed by atoms with Crippen LogP contribution >= 0.6 is 0 Å². The van der Waals surface area contributed by atoms with Crippen LogP contribution in [0.15, 0.2) is 54.6 Å². The van der Waals surface area contributed by atoms with Gasteiger partial charge < -0.3 is 19.9 Å². The fraction of sp³-hybridized carbons (Fsp3) is 0.238. The quantitative estimate of drug-likeness (QED) is 0.631. The van der Waals surface area contributed by atoms with Crippen LogP contribution in [-0.4, -0.2) is 36.6 Å². The van der Waals surface area contributed by atoms with Crippen LogP contribution in [0.25, 0.3) is 10.9 Å². The highest BCUT2D eigenvalue weighted by molar-refractivity contribution is 5.98. The summed E-state index contributed by atoms with van der Waals surface area (Å²) < 4.78 is 7.12. The Balaban J connectivity index is 1.48. The van der Waals surface area contributed by atoms with Gasteiger partial charge in [-0.15, -0.1) is 0 Å². The van der Waals surface area contributed by atoms with Crippen molar-refractivity contribution >= 4 is 22.7 Å². The summed E-state index contributed by atoms with van der Waals surface area (Å²) >= 11 is 0. The molecule has 27 heavy (non-hydrogen) atoms. The number of fused-ring (bicyclic) bond motifs is 1. The maximum Gasteiger partial charge on any atom is 0.267 e. The second kappa shape index (κ2) is 8.40. The van der Waals surface area contributed by atoms with E-state index >= 15 is 0 Å². The van der Waals surface area contributed by atoms with Crippen molar-refractivity contribution in [1.29, 1.82) is 0 Å². The predicted molar refractivity (Wildman–Crippen MR) is 105 cm³/mol. The Bertz CT molecular complexity index is 962. The lowest BCUT2D eigenvalue weighted by Gasteiger charge is -2.10. The number of amides is 2. The lowest BCUT2D eigenvalue weighted by Crippen LogP contribution is -2.35. The van der Waals surface area contributed by atoms with Crippen molar-refractivity contribution in [3.63, 3.8) is 0 Å².